The van der Waals surface area contributed by atoms with Crippen LogP contribution in [0, 0.1) is 0 Å². The standard InChI is InChI=1S/C19H24N2O3/c1-15(12-22)21-19(23)20-11-16-7-9-18(10-8-16)14-24-13-17-5-3-2-4-6-17/h2-10,15,22H,11-14H2,1H3,(H2,20,21,23). The highest BCUT2D eigenvalue weighted by molar-refractivity contribution is 5.74. The number of aliphatic hydroxyl groups is 1. The molecule has 0 aromatic heterocycles. The predicted molar refractivity (Wildman–Crippen MR) is 93.3 cm³/mol. The maximum absolute atomic E-state index is 11.6. The van der Waals surface area contributed by atoms with Gasteiger partial charge in [0.1, 0.15) is 0 Å². The minimum absolute atomic E-state index is 0.0783. The molecule has 1 unspecified atom stereocenters. The predicted octanol–water partition coefficient (Wildman–Crippen LogP) is 2.58. The molecule has 0 saturated heterocycles. The molecule has 0 fully saturated rings. The summed E-state index contributed by atoms with van der Waals surface area (Å²) in [5.41, 5.74) is 3.25. The number of nitrogens with one attached hydrogen (secondary N) is 2. The Morgan fingerprint density at radius 2 is 1.58 bits per heavy atom. The lowest BCUT2D eigenvalue weighted by molar-refractivity contribution is 0.107. The minimum atomic E-state index is -0.285. The van der Waals surface area contributed by atoms with Gasteiger partial charge in [-0.3, -0.25) is 0 Å². The average Bonchev–Trinajstić information content (AvgIpc) is 2.62. The van der Waals surface area contributed by atoms with E-state index in [4.69, 9.17) is 9.84 Å². The molecular weight excluding hydrogens is 304 g/mol. The quantitative estimate of drug-likeness (QED) is 0.697. The van der Waals surface area contributed by atoms with Crippen molar-refractivity contribution in [3.63, 3.8) is 0 Å². The Hall–Kier alpha value is -2.37. The molecule has 2 rings (SSSR count). The van der Waals surface area contributed by atoms with E-state index in [0.29, 0.717) is 19.8 Å². The van der Waals surface area contributed by atoms with E-state index in [1.165, 1.54) is 0 Å². The van der Waals surface area contributed by atoms with Gasteiger partial charge < -0.3 is 20.5 Å². The number of ether oxygens (including phenoxy) is 1. The third-order valence-corrected chi connectivity index (χ3v) is 3.51. The average molecular weight is 328 g/mol. The van der Waals surface area contributed by atoms with E-state index in [9.17, 15) is 4.79 Å². The normalized spacial score (nSPS) is 11.8. The Morgan fingerprint density at radius 1 is 1.00 bits per heavy atom. The molecule has 24 heavy (non-hydrogen) atoms. The van der Waals surface area contributed by atoms with E-state index < -0.39 is 0 Å². The van der Waals surface area contributed by atoms with Crippen LogP contribution in [0.2, 0.25) is 0 Å². The van der Waals surface area contributed by atoms with Gasteiger partial charge in [-0.15, -0.1) is 0 Å². The second-order valence-electron chi connectivity index (χ2n) is 5.71. The summed E-state index contributed by atoms with van der Waals surface area (Å²) in [6.07, 6.45) is 0. The van der Waals surface area contributed by atoms with Gasteiger partial charge in [0.25, 0.3) is 0 Å². The lowest BCUT2D eigenvalue weighted by Crippen LogP contribution is -2.41. The molecule has 3 N–H and O–H groups in total. The first-order valence-electron chi connectivity index (χ1n) is 8.02. The van der Waals surface area contributed by atoms with Gasteiger partial charge in [-0.1, -0.05) is 54.6 Å². The second kappa shape index (κ2) is 9.70. The molecule has 1 atom stereocenters. The minimum Gasteiger partial charge on any atom is -0.394 e. The number of benzene rings is 2. The zero-order chi connectivity index (χ0) is 17.2. The van der Waals surface area contributed by atoms with E-state index in [1.807, 2.05) is 54.6 Å². The number of aliphatic hydroxyl groups excluding tert-OH is 1. The van der Waals surface area contributed by atoms with Crippen molar-refractivity contribution in [3.05, 3.63) is 71.3 Å². The first-order valence-corrected chi connectivity index (χ1v) is 8.02. The molecule has 0 aliphatic carbocycles. The van der Waals surface area contributed by atoms with E-state index in [0.717, 1.165) is 16.7 Å². The third kappa shape index (κ3) is 6.40. The van der Waals surface area contributed by atoms with Crippen LogP contribution < -0.4 is 10.6 Å². The molecule has 5 heteroatoms. The molecule has 0 saturated carbocycles. The molecule has 0 aliphatic rings. The summed E-state index contributed by atoms with van der Waals surface area (Å²) in [6.45, 7) is 3.24. The molecule has 128 valence electrons. The van der Waals surface area contributed by atoms with Crippen molar-refractivity contribution in [2.45, 2.75) is 32.7 Å². The summed E-state index contributed by atoms with van der Waals surface area (Å²) >= 11 is 0. The zero-order valence-electron chi connectivity index (χ0n) is 13.9. The van der Waals surface area contributed by atoms with Crippen LogP contribution >= 0.6 is 0 Å². The van der Waals surface area contributed by atoms with Gasteiger partial charge >= 0.3 is 6.03 Å². The molecule has 2 aromatic carbocycles. The number of urea groups is 1. The fourth-order valence-electron chi connectivity index (χ4n) is 2.12. The maximum atomic E-state index is 11.6. The highest BCUT2D eigenvalue weighted by Gasteiger charge is 2.05. The first-order chi connectivity index (χ1) is 11.7. The van der Waals surface area contributed by atoms with Crippen LogP contribution in [0.4, 0.5) is 4.79 Å². The molecule has 0 bridgehead atoms. The van der Waals surface area contributed by atoms with E-state index in [2.05, 4.69) is 10.6 Å². The topological polar surface area (TPSA) is 70.6 Å². The molecule has 0 radical (unpaired) electrons. The van der Waals surface area contributed by atoms with Crippen LogP contribution in [-0.2, 0) is 24.5 Å². The first kappa shape index (κ1) is 18.0. The number of amides is 2. The summed E-state index contributed by atoms with van der Waals surface area (Å²) in [7, 11) is 0. The maximum Gasteiger partial charge on any atom is 0.315 e. The van der Waals surface area contributed by atoms with E-state index in [-0.39, 0.29) is 18.7 Å². The van der Waals surface area contributed by atoms with Crippen molar-refractivity contribution in [3.8, 4) is 0 Å². The second-order valence-corrected chi connectivity index (χ2v) is 5.71. The van der Waals surface area contributed by atoms with Gasteiger partial charge in [-0.05, 0) is 23.6 Å². The SMILES string of the molecule is CC(CO)NC(=O)NCc1ccc(COCc2ccccc2)cc1. The van der Waals surface area contributed by atoms with Crippen molar-refractivity contribution < 1.29 is 14.6 Å². The summed E-state index contributed by atoms with van der Waals surface area (Å²) in [5, 5.41) is 14.3. The molecule has 5 nitrogen and oxygen atoms in total. The van der Waals surface area contributed by atoms with E-state index >= 15 is 0 Å². The van der Waals surface area contributed by atoms with Crippen LogP contribution in [0.5, 0.6) is 0 Å². The molecule has 2 amide bonds. The van der Waals surface area contributed by atoms with Gasteiger partial charge in [0.15, 0.2) is 0 Å². The smallest absolute Gasteiger partial charge is 0.315 e. The van der Waals surface area contributed by atoms with Crippen LogP contribution in [0.25, 0.3) is 0 Å². The number of hydrogen-bond acceptors (Lipinski definition) is 3. The highest BCUT2D eigenvalue weighted by Crippen LogP contribution is 2.08. The van der Waals surface area contributed by atoms with Crippen molar-refractivity contribution in [2.24, 2.45) is 0 Å². The summed E-state index contributed by atoms with van der Waals surface area (Å²) < 4.78 is 5.70. The fraction of sp³-hybridized carbons (Fsp3) is 0.316. The Bertz CT molecular complexity index is 614. The Balaban J connectivity index is 1.71. The molecular formula is C19H24N2O3. The van der Waals surface area contributed by atoms with Crippen LogP contribution in [0.3, 0.4) is 0 Å². The van der Waals surface area contributed by atoms with Gasteiger partial charge in [-0.25, -0.2) is 4.79 Å². The van der Waals surface area contributed by atoms with Crippen LogP contribution in [0.15, 0.2) is 54.6 Å². The number of hydrogen-bond donors (Lipinski definition) is 3. The fourth-order valence-corrected chi connectivity index (χ4v) is 2.12. The lowest BCUT2D eigenvalue weighted by Gasteiger charge is -2.12. The van der Waals surface area contributed by atoms with Crippen molar-refractivity contribution in [2.75, 3.05) is 6.61 Å². The Kier molecular flexibility index (Phi) is 7.26. The zero-order valence-corrected chi connectivity index (χ0v) is 13.9. The summed E-state index contributed by atoms with van der Waals surface area (Å²) in [4.78, 5) is 11.6. The molecule has 0 aliphatic heterocycles. The molecule has 0 heterocycles. The van der Waals surface area contributed by atoms with Crippen LogP contribution in [0.1, 0.15) is 23.6 Å². The Labute approximate surface area is 142 Å². The Morgan fingerprint density at radius 3 is 2.21 bits per heavy atom. The van der Waals surface area contributed by atoms with E-state index in [1.54, 1.807) is 6.92 Å². The number of carbonyl (C=O) groups is 1. The van der Waals surface area contributed by atoms with Crippen molar-refractivity contribution >= 4 is 6.03 Å². The van der Waals surface area contributed by atoms with Crippen LogP contribution in [-0.4, -0.2) is 23.8 Å². The van der Waals surface area contributed by atoms with Gasteiger partial charge in [0, 0.05) is 6.54 Å². The number of carbonyl (C=O) groups excluding carboxylic acids is 1. The summed E-state index contributed by atoms with van der Waals surface area (Å²) in [6, 6.07) is 17.5. The highest BCUT2D eigenvalue weighted by atomic mass is 16.5. The van der Waals surface area contributed by atoms with Gasteiger partial charge in [0.05, 0.1) is 25.9 Å². The molecule has 0 spiro atoms. The van der Waals surface area contributed by atoms with Gasteiger partial charge in [0.2, 0.25) is 0 Å². The largest absolute Gasteiger partial charge is 0.394 e. The molecule has 2 aromatic rings. The number of rotatable bonds is 8. The lowest BCUT2D eigenvalue weighted by atomic mass is 10.1. The third-order valence-electron chi connectivity index (χ3n) is 3.51. The van der Waals surface area contributed by atoms with Crippen molar-refractivity contribution in [1.82, 2.24) is 10.6 Å². The van der Waals surface area contributed by atoms with Crippen molar-refractivity contribution in [1.29, 1.82) is 0 Å². The van der Waals surface area contributed by atoms with Gasteiger partial charge in [-0.2, -0.15) is 0 Å². The monoisotopic (exact) mass is 328 g/mol. The summed E-state index contributed by atoms with van der Waals surface area (Å²) in [5.74, 6) is 0.